The van der Waals surface area contributed by atoms with Gasteiger partial charge in [0.05, 0.1) is 19.8 Å². The Kier molecular flexibility index (Phi) is 6.81. The molecule has 3 rings (SSSR count). The lowest BCUT2D eigenvalue weighted by Crippen LogP contribution is -2.29. The molecule has 0 aliphatic carbocycles. The van der Waals surface area contributed by atoms with E-state index in [9.17, 15) is 9.36 Å². The maximum Gasteiger partial charge on any atom is 0.338 e. The van der Waals surface area contributed by atoms with Gasteiger partial charge < -0.3 is 18.5 Å². The van der Waals surface area contributed by atoms with Gasteiger partial charge in [-0.1, -0.05) is 60.7 Å². The topological polar surface area (TPSA) is 71.1 Å². The lowest BCUT2D eigenvalue weighted by Gasteiger charge is -2.20. The van der Waals surface area contributed by atoms with Crippen LogP contribution in [0.15, 0.2) is 60.7 Å². The second-order valence-corrected chi connectivity index (χ2v) is 9.13. The second-order valence-electron chi connectivity index (χ2n) is 7.07. The molecule has 1 fully saturated rings. The van der Waals surface area contributed by atoms with Crippen LogP contribution in [0.3, 0.4) is 0 Å². The third-order valence-electron chi connectivity index (χ3n) is 4.26. The van der Waals surface area contributed by atoms with Crippen molar-refractivity contribution in [2.45, 2.75) is 39.0 Å². The first kappa shape index (κ1) is 20.9. The molecule has 2 aromatic carbocycles. The van der Waals surface area contributed by atoms with Crippen LogP contribution < -0.4 is 0 Å². The first-order valence-electron chi connectivity index (χ1n) is 9.16. The van der Waals surface area contributed by atoms with Crippen molar-refractivity contribution in [1.29, 1.82) is 0 Å². The van der Waals surface area contributed by atoms with Gasteiger partial charge in [0.2, 0.25) is 0 Å². The smallest absolute Gasteiger partial charge is 0.338 e. The summed E-state index contributed by atoms with van der Waals surface area (Å²) in [5.74, 6) is -1.19. The summed E-state index contributed by atoms with van der Waals surface area (Å²) in [4.78, 5) is 12.6. The van der Waals surface area contributed by atoms with Gasteiger partial charge in [0, 0.05) is 0 Å². The van der Waals surface area contributed by atoms with Gasteiger partial charge in [0.1, 0.15) is 12.3 Å². The van der Waals surface area contributed by atoms with Crippen molar-refractivity contribution in [2.24, 2.45) is 0 Å². The molecule has 150 valence electrons. The van der Waals surface area contributed by atoms with Crippen molar-refractivity contribution in [3.8, 4) is 0 Å². The van der Waals surface area contributed by atoms with Crippen molar-refractivity contribution in [3.63, 3.8) is 0 Å². The summed E-state index contributed by atoms with van der Waals surface area (Å²) in [6.07, 6.45) is -1.14. The standard InChI is InChI=1S/C21H25O6P/c1-21(2)24-15-20(27-21)19(22)16-28(23,25-13-17-9-5-3-6-10-17)26-14-18-11-7-4-8-12-18/h3-12,20H,13-16H2,1-2H3/t20-/m0/s1. The van der Waals surface area contributed by atoms with Crippen molar-refractivity contribution in [2.75, 3.05) is 12.8 Å². The minimum Gasteiger partial charge on any atom is -0.347 e. The van der Waals surface area contributed by atoms with Crippen LogP contribution in [0.5, 0.6) is 0 Å². The molecule has 2 aromatic rings. The summed E-state index contributed by atoms with van der Waals surface area (Å²) in [6, 6.07) is 18.7. The monoisotopic (exact) mass is 404 g/mol. The summed E-state index contributed by atoms with van der Waals surface area (Å²) in [5, 5.41) is 0. The van der Waals surface area contributed by atoms with Crippen molar-refractivity contribution in [3.05, 3.63) is 71.8 Å². The maximum atomic E-state index is 13.3. The summed E-state index contributed by atoms with van der Waals surface area (Å²) in [7, 11) is -3.69. The van der Waals surface area contributed by atoms with Gasteiger partial charge in [-0.2, -0.15) is 0 Å². The Morgan fingerprint density at radius 2 is 1.50 bits per heavy atom. The zero-order valence-electron chi connectivity index (χ0n) is 16.1. The zero-order valence-corrected chi connectivity index (χ0v) is 17.0. The van der Waals surface area contributed by atoms with E-state index in [4.69, 9.17) is 18.5 Å². The molecule has 0 aromatic heterocycles. The van der Waals surface area contributed by atoms with Crippen molar-refractivity contribution in [1.82, 2.24) is 0 Å². The summed E-state index contributed by atoms with van der Waals surface area (Å²) < 4.78 is 35.6. The Bertz CT molecular complexity index is 774. The largest absolute Gasteiger partial charge is 0.347 e. The maximum absolute atomic E-state index is 13.3. The van der Waals surface area contributed by atoms with Gasteiger partial charge >= 0.3 is 7.60 Å². The molecular weight excluding hydrogens is 379 g/mol. The highest BCUT2D eigenvalue weighted by Gasteiger charge is 2.40. The molecule has 0 radical (unpaired) electrons. The predicted octanol–water partition coefficient (Wildman–Crippen LogP) is 4.33. The fourth-order valence-electron chi connectivity index (χ4n) is 2.76. The number of hydrogen-bond donors (Lipinski definition) is 0. The highest BCUT2D eigenvalue weighted by Crippen LogP contribution is 2.50. The second kappa shape index (κ2) is 9.12. The van der Waals surface area contributed by atoms with Gasteiger partial charge in [-0.15, -0.1) is 0 Å². The number of ether oxygens (including phenoxy) is 2. The quantitative estimate of drug-likeness (QED) is 0.579. The lowest BCUT2D eigenvalue weighted by molar-refractivity contribution is -0.150. The van der Waals surface area contributed by atoms with E-state index in [1.54, 1.807) is 13.8 Å². The molecule has 1 heterocycles. The van der Waals surface area contributed by atoms with Crippen LogP contribution in [0, 0.1) is 0 Å². The van der Waals surface area contributed by atoms with E-state index in [1.807, 2.05) is 60.7 Å². The van der Waals surface area contributed by atoms with Crippen molar-refractivity contribution < 1.29 is 27.9 Å². The van der Waals surface area contributed by atoms with Crippen LogP contribution in [0.4, 0.5) is 0 Å². The average molecular weight is 404 g/mol. The molecule has 0 saturated carbocycles. The van der Waals surface area contributed by atoms with Gasteiger partial charge in [0.15, 0.2) is 11.6 Å². The Morgan fingerprint density at radius 3 is 1.93 bits per heavy atom. The van der Waals surface area contributed by atoms with Gasteiger partial charge in [0.25, 0.3) is 0 Å². The number of Topliss-reactive ketones (excluding diaryl/α,β-unsaturated/α-hetero) is 1. The number of hydrogen-bond acceptors (Lipinski definition) is 6. The third-order valence-corrected chi connectivity index (χ3v) is 6.00. The minimum atomic E-state index is -3.69. The first-order valence-corrected chi connectivity index (χ1v) is 10.9. The SMILES string of the molecule is CC1(C)OC[C@@H](C(=O)CP(=O)(OCc2ccccc2)OCc2ccccc2)O1. The fraction of sp³-hybridized carbons (Fsp3) is 0.381. The molecule has 0 unspecified atom stereocenters. The van der Waals surface area contributed by atoms with Crippen LogP contribution in [0.25, 0.3) is 0 Å². The van der Waals surface area contributed by atoms with Crippen LogP contribution in [0.2, 0.25) is 0 Å². The number of carbonyl (C=O) groups is 1. The Balaban J connectivity index is 1.67. The van der Waals surface area contributed by atoms with E-state index in [-0.39, 0.29) is 31.8 Å². The fourth-order valence-corrected chi connectivity index (χ4v) is 4.30. The Morgan fingerprint density at radius 1 is 1.00 bits per heavy atom. The van der Waals surface area contributed by atoms with E-state index in [1.165, 1.54) is 0 Å². The molecule has 1 aliphatic heterocycles. The molecule has 0 spiro atoms. The summed E-state index contributed by atoms with van der Waals surface area (Å²) in [6.45, 7) is 3.78. The lowest BCUT2D eigenvalue weighted by atomic mass is 10.2. The highest BCUT2D eigenvalue weighted by atomic mass is 31.2. The molecular formula is C21H25O6P. The summed E-state index contributed by atoms with van der Waals surface area (Å²) >= 11 is 0. The molecule has 0 amide bonds. The predicted molar refractivity (Wildman–Crippen MR) is 105 cm³/mol. The van der Waals surface area contributed by atoms with E-state index in [0.29, 0.717) is 0 Å². The number of carbonyl (C=O) groups excluding carboxylic acids is 1. The summed E-state index contributed by atoms with van der Waals surface area (Å²) in [5.41, 5.74) is 1.69. The van der Waals surface area contributed by atoms with E-state index in [0.717, 1.165) is 11.1 Å². The zero-order chi connectivity index (χ0) is 20.0. The molecule has 6 nitrogen and oxygen atoms in total. The highest BCUT2D eigenvalue weighted by molar-refractivity contribution is 7.54. The molecule has 1 aliphatic rings. The average Bonchev–Trinajstić information content (AvgIpc) is 3.07. The van der Waals surface area contributed by atoms with Crippen LogP contribution in [-0.4, -0.2) is 30.4 Å². The molecule has 0 bridgehead atoms. The van der Waals surface area contributed by atoms with Gasteiger partial charge in [-0.3, -0.25) is 9.36 Å². The van der Waals surface area contributed by atoms with E-state index >= 15 is 0 Å². The normalized spacial score (nSPS) is 18.9. The molecule has 28 heavy (non-hydrogen) atoms. The molecule has 1 saturated heterocycles. The number of ketones is 1. The van der Waals surface area contributed by atoms with Crippen LogP contribution in [0.1, 0.15) is 25.0 Å². The van der Waals surface area contributed by atoms with Crippen LogP contribution in [-0.2, 0) is 41.1 Å². The van der Waals surface area contributed by atoms with Gasteiger partial charge in [-0.25, -0.2) is 0 Å². The number of rotatable bonds is 9. The van der Waals surface area contributed by atoms with E-state index in [2.05, 4.69) is 0 Å². The van der Waals surface area contributed by atoms with E-state index < -0.39 is 19.5 Å². The minimum absolute atomic E-state index is 0.0910. The Labute approximate surface area is 165 Å². The van der Waals surface area contributed by atoms with Crippen molar-refractivity contribution >= 4 is 13.4 Å². The number of benzene rings is 2. The Hall–Kier alpha value is -1.82. The first-order chi connectivity index (χ1) is 13.4. The van der Waals surface area contributed by atoms with Crippen LogP contribution >= 0.6 is 7.60 Å². The molecule has 1 atom stereocenters. The third kappa shape index (κ3) is 6.09. The van der Waals surface area contributed by atoms with Gasteiger partial charge in [-0.05, 0) is 25.0 Å². The molecule has 7 heteroatoms. The molecule has 0 N–H and O–H groups in total.